The van der Waals surface area contributed by atoms with Gasteiger partial charge >= 0.3 is 5.97 Å². The van der Waals surface area contributed by atoms with E-state index < -0.39 is 16.8 Å². The Labute approximate surface area is 231 Å². The van der Waals surface area contributed by atoms with Gasteiger partial charge in [0, 0.05) is 46.5 Å². The highest BCUT2D eigenvalue weighted by Crippen LogP contribution is 2.47. The average molecular weight is 543 g/mol. The highest BCUT2D eigenvalue weighted by atomic mass is 35.5. The van der Waals surface area contributed by atoms with E-state index in [0.717, 1.165) is 11.1 Å². The van der Waals surface area contributed by atoms with Crippen molar-refractivity contribution in [3.8, 4) is 0 Å². The second-order valence-corrected chi connectivity index (χ2v) is 10.2. The molecule has 7 nitrogen and oxygen atoms in total. The molecule has 2 atom stereocenters. The van der Waals surface area contributed by atoms with Crippen molar-refractivity contribution in [3.63, 3.8) is 0 Å². The van der Waals surface area contributed by atoms with Crippen LogP contribution in [0, 0.1) is 10.1 Å². The van der Waals surface area contributed by atoms with Gasteiger partial charge in [-0.05, 0) is 42.5 Å². The lowest BCUT2D eigenvalue weighted by atomic mass is 9.71. The number of rotatable bonds is 7. The lowest BCUT2D eigenvalue weighted by molar-refractivity contribution is -0.385. The molecule has 1 N–H and O–H groups in total. The van der Waals surface area contributed by atoms with Gasteiger partial charge in [-0.1, -0.05) is 72.3 Å². The number of hydrogen-bond donors (Lipinski definition) is 1. The van der Waals surface area contributed by atoms with Gasteiger partial charge in [-0.25, -0.2) is 4.79 Å². The number of nitro benzene ring substituents is 1. The van der Waals surface area contributed by atoms with Crippen LogP contribution in [0.25, 0.3) is 0 Å². The molecule has 0 aromatic heterocycles. The first-order valence-electron chi connectivity index (χ1n) is 12.8. The first kappa shape index (κ1) is 26.4. The standard InChI is InChI=1S/C31H27ClN2O5/c1-19-28(31(36)39-16-15-20-7-3-2-4-8-20)29(24-9-5-6-10-26(24)34(37)38)30-25(33-19)17-22(18-27(30)35)21-11-13-23(32)14-12-21/h2-14,22,29,33H,15-18H2,1H3. The number of hydrogen-bond acceptors (Lipinski definition) is 6. The number of benzene rings is 3. The zero-order chi connectivity index (χ0) is 27.5. The number of ether oxygens (including phenoxy) is 1. The molecule has 2 aliphatic rings. The van der Waals surface area contributed by atoms with Crippen molar-refractivity contribution in [2.75, 3.05) is 6.61 Å². The van der Waals surface area contributed by atoms with Crippen LogP contribution in [0.2, 0.25) is 5.02 Å². The van der Waals surface area contributed by atoms with E-state index in [0.29, 0.717) is 40.4 Å². The van der Waals surface area contributed by atoms with Gasteiger partial charge in [0.05, 0.1) is 23.0 Å². The highest BCUT2D eigenvalue weighted by Gasteiger charge is 2.43. The fourth-order valence-corrected chi connectivity index (χ4v) is 5.60. The van der Waals surface area contributed by atoms with Gasteiger partial charge < -0.3 is 10.1 Å². The number of para-hydroxylation sites is 1. The minimum Gasteiger partial charge on any atom is -0.462 e. The second kappa shape index (κ2) is 11.3. The Morgan fingerprint density at radius 3 is 2.44 bits per heavy atom. The van der Waals surface area contributed by atoms with E-state index in [1.165, 1.54) is 6.07 Å². The molecule has 198 valence electrons. The van der Waals surface area contributed by atoms with E-state index in [-0.39, 0.29) is 36.0 Å². The Hall–Kier alpha value is -4.23. The van der Waals surface area contributed by atoms with Crippen LogP contribution in [0.15, 0.2) is 101 Å². The molecule has 0 amide bonds. The molecule has 2 unspecified atom stereocenters. The molecule has 1 aliphatic carbocycles. The highest BCUT2D eigenvalue weighted by molar-refractivity contribution is 6.30. The van der Waals surface area contributed by atoms with E-state index in [1.54, 1.807) is 37.3 Å². The van der Waals surface area contributed by atoms with E-state index in [4.69, 9.17) is 16.3 Å². The van der Waals surface area contributed by atoms with E-state index in [1.807, 2.05) is 42.5 Å². The predicted molar refractivity (Wildman–Crippen MR) is 148 cm³/mol. The van der Waals surface area contributed by atoms with Gasteiger partial charge in [0.15, 0.2) is 5.78 Å². The Kier molecular flexibility index (Phi) is 7.61. The number of ketones is 1. The number of dihydropyridines is 1. The summed E-state index contributed by atoms with van der Waals surface area (Å²) in [6.45, 7) is 1.89. The molecule has 0 fully saturated rings. The van der Waals surface area contributed by atoms with Crippen molar-refractivity contribution in [2.45, 2.75) is 38.0 Å². The van der Waals surface area contributed by atoms with Crippen molar-refractivity contribution >= 4 is 29.0 Å². The van der Waals surface area contributed by atoms with Crippen LogP contribution < -0.4 is 5.32 Å². The minimum absolute atomic E-state index is 0.0837. The number of nitro groups is 1. The molecule has 3 aromatic rings. The van der Waals surface area contributed by atoms with Gasteiger partial charge in [0.25, 0.3) is 5.69 Å². The summed E-state index contributed by atoms with van der Waals surface area (Å²) in [7, 11) is 0. The molecular formula is C31H27ClN2O5. The van der Waals surface area contributed by atoms with Crippen molar-refractivity contribution in [1.82, 2.24) is 5.32 Å². The minimum atomic E-state index is -0.911. The first-order chi connectivity index (χ1) is 18.8. The fraction of sp³-hybridized carbons (Fsp3) is 0.226. The number of carbonyl (C=O) groups excluding carboxylic acids is 2. The number of carbonyl (C=O) groups is 2. The van der Waals surface area contributed by atoms with Gasteiger partial charge in [0.1, 0.15) is 0 Å². The molecule has 1 heterocycles. The Bertz CT molecular complexity index is 1490. The summed E-state index contributed by atoms with van der Waals surface area (Å²) in [5.41, 5.74) is 3.95. The summed E-state index contributed by atoms with van der Waals surface area (Å²) in [6.07, 6.45) is 1.26. The number of nitrogens with zero attached hydrogens (tertiary/aromatic N) is 1. The van der Waals surface area contributed by atoms with E-state index in [9.17, 15) is 19.7 Å². The molecular weight excluding hydrogens is 516 g/mol. The topological polar surface area (TPSA) is 98.5 Å². The summed E-state index contributed by atoms with van der Waals surface area (Å²) >= 11 is 6.06. The zero-order valence-electron chi connectivity index (χ0n) is 21.4. The van der Waals surface area contributed by atoms with Gasteiger partial charge in [-0.2, -0.15) is 0 Å². The summed E-state index contributed by atoms with van der Waals surface area (Å²) in [5, 5.41) is 15.9. The molecule has 39 heavy (non-hydrogen) atoms. The quantitative estimate of drug-likeness (QED) is 0.211. The molecule has 5 rings (SSSR count). The number of halogens is 1. The van der Waals surface area contributed by atoms with Gasteiger partial charge in [-0.15, -0.1) is 0 Å². The molecule has 3 aromatic carbocycles. The van der Waals surface area contributed by atoms with Gasteiger partial charge in [0.2, 0.25) is 0 Å². The Morgan fingerprint density at radius 2 is 1.72 bits per heavy atom. The van der Waals surface area contributed by atoms with Crippen molar-refractivity contribution in [3.05, 3.63) is 133 Å². The van der Waals surface area contributed by atoms with Crippen LogP contribution in [0.3, 0.4) is 0 Å². The molecule has 0 radical (unpaired) electrons. The number of esters is 1. The first-order valence-corrected chi connectivity index (χ1v) is 13.1. The molecule has 0 saturated carbocycles. The maximum Gasteiger partial charge on any atom is 0.336 e. The van der Waals surface area contributed by atoms with Crippen LogP contribution in [0.1, 0.15) is 48.3 Å². The van der Waals surface area contributed by atoms with E-state index >= 15 is 0 Å². The lowest BCUT2D eigenvalue weighted by Gasteiger charge is -2.36. The van der Waals surface area contributed by atoms with Crippen LogP contribution in [-0.2, 0) is 20.7 Å². The maximum atomic E-state index is 13.7. The van der Waals surface area contributed by atoms with Crippen LogP contribution in [-0.4, -0.2) is 23.3 Å². The van der Waals surface area contributed by atoms with Crippen molar-refractivity contribution in [2.24, 2.45) is 0 Å². The average Bonchev–Trinajstić information content (AvgIpc) is 2.93. The molecule has 0 bridgehead atoms. The Balaban J connectivity index is 1.52. The normalized spacial score (nSPS) is 18.9. The van der Waals surface area contributed by atoms with Crippen molar-refractivity contribution < 1.29 is 19.2 Å². The van der Waals surface area contributed by atoms with Crippen LogP contribution in [0.4, 0.5) is 5.69 Å². The van der Waals surface area contributed by atoms with E-state index in [2.05, 4.69) is 5.32 Å². The monoisotopic (exact) mass is 542 g/mol. The second-order valence-electron chi connectivity index (χ2n) is 9.76. The third kappa shape index (κ3) is 5.49. The molecule has 8 heteroatoms. The smallest absolute Gasteiger partial charge is 0.336 e. The lowest BCUT2D eigenvalue weighted by Crippen LogP contribution is -2.36. The number of Topliss-reactive ketones (excluding diaryl/α,β-unsaturated/α-hetero) is 1. The van der Waals surface area contributed by atoms with Gasteiger partial charge in [-0.3, -0.25) is 14.9 Å². The summed E-state index contributed by atoms with van der Waals surface area (Å²) in [5.74, 6) is -1.75. The maximum absolute atomic E-state index is 13.7. The molecule has 0 saturated heterocycles. The zero-order valence-corrected chi connectivity index (χ0v) is 22.1. The fourth-order valence-electron chi connectivity index (χ4n) is 5.47. The predicted octanol–water partition coefficient (Wildman–Crippen LogP) is 6.40. The third-order valence-electron chi connectivity index (χ3n) is 7.30. The number of nitrogens with one attached hydrogen (secondary N) is 1. The largest absolute Gasteiger partial charge is 0.462 e. The molecule has 0 spiro atoms. The SMILES string of the molecule is CC1=C(C(=O)OCCc2ccccc2)C(c2ccccc2[N+](=O)[O-])C2=C(CC(c3ccc(Cl)cc3)CC2=O)N1. The molecule has 1 aliphatic heterocycles. The summed E-state index contributed by atoms with van der Waals surface area (Å²) in [4.78, 5) is 38.8. The summed E-state index contributed by atoms with van der Waals surface area (Å²) in [6, 6.07) is 23.3. The number of allylic oxidation sites excluding steroid dienone is 3. The third-order valence-corrected chi connectivity index (χ3v) is 7.55. The van der Waals surface area contributed by atoms with Crippen LogP contribution in [0.5, 0.6) is 0 Å². The van der Waals surface area contributed by atoms with Crippen LogP contribution >= 0.6 is 11.6 Å². The Morgan fingerprint density at radius 1 is 1.03 bits per heavy atom. The summed E-state index contributed by atoms with van der Waals surface area (Å²) < 4.78 is 5.67. The van der Waals surface area contributed by atoms with Crippen molar-refractivity contribution in [1.29, 1.82) is 0 Å².